The molecule has 1 atom stereocenters. The van der Waals surface area contributed by atoms with Crippen molar-refractivity contribution in [3.8, 4) is 0 Å². The van der Waals surface area contributed by atoms with E-state index in [2.05, 4.69) is 42.4 Å². The van der Waals surface area contributed by atoms with Crippen LogP contribution in [0.5, 0.6) is 0 Å². The smallest absolute Gasteiger partial charge is 0.163 e. The second kappa shape index (κ2) is 5.06. The Kier molecular flexibility index (Phi) is 3.66. The van der Waals surface area contributed by atoms with Crippen LogP contribution < -0.4 is 0 Å². The molecule has 0 aliphatic carbocycles. The molecule has 0 fully saturated rings. The fourth-order valence-corrected chi connectivity index (χ4v) is 2.08. The Bertz CT molecular complexity index is 574. The van der Waals surface area contributed by atoms with Gasteiger partial charge in [0.25, 0.3) is 0 Å². The molecule has 0 bridgehead atoms. The Morgan fingerprint density at radius 2 is 2.11 bits per heavy atom. The van der Waals surface area contributed by atoms with Crippen LogP contribution in [0.25, 0.3) is 11.0 Å². The van der Waals surface area contributed by atoms with Crippen molar-refractivity contribution in [3.05, 3.63) is 29.8 Å². The summed E-state index contributed by atoms with van der Waals surface area (Å²) >= 11 is 6.19. The second-order valence-electron chi connectivity index (χ2n) is 4.72. The van der Waals surface area contributed by atoms with Gasteiger partial charge in [0.1, 0.15) is 11.0 Å². The number of nitrogens with zero attached hydrogens (tertiary/aromatic N) is 4. The van der Waals surface area contributed by atoms with Gasteiger partial charge in [-0.05, 0) is 20.3 Å². The van der Waals surface area contributed by atoms with E-state index in [9.17, 15) is 0 Å². The molecule has 0 amide bonds. The summed E-state index contributed by atoms with van der Waals surface area (Å²) in [6.45, 7) is 9.93. The minimum atomic E-state index is 0.208. The topological polar surface area (TPSA) is 43.6 Å². The first-order valence-corrected chi connectivity index (χ1v) is 6.44. The number of hydrogen-bond donors (Lipinski definition) is 0. The molecule has 4 nitrogen and oxygen atoms in total. The standard InChI is InChI=1S/C13H17ClN4/c1-5-6-9(4)12-16-11(14)10-7-15-18(8(2)3)13(10)17-12/h5,7-9H,1,6H2,2-4H3. The molecule has 18 heavy (non-hydrogen) atoms. The van der Waals surface area contributed by atoms with Gasteiger partial charge in [0, 0.05) is 12.0 Å². The molecule has 0 radical (unpaired) electrons. The van der Waals surface area contributed by atoms with Crippen LogP contribution in [0.1, 0.15) is 45.0 Å². The lowest BCUT2D eigenvalue weighted by molar-refractivity contribution is 0.544. The Balaban J connectivity index is 2.58. The van der Waals surface area contributed by atoms with E-state index < -0.39 is 0 Å². The molecule has 5 heteroatoms. The highest BCUT2D eigenvalue weighted by Gasteiger charge is 2.15. The highest BCUT2D eigenvalue weighted by molar-refractivity contribution is 6.33. The first kappa shape index (κ1) is 13.0. The summed E-state index contributed by atoms with van der Waals surface area (Å²) in [6.07, 6.45) is 4.42. The van der Waals surface area contributed by atoms with E-state index in [1.54, 1.807) is 6.20 Å². The number of allylic oxidation sites excluding steroid dienone is 1. The Morgan fingerprint density at radius 3 is 2.72 bits per heavy atom. The van der Waals surface area contributed by atoms with Crippen LogP contribution in [-0.4, -0.2) is 19.7 Å². The summed E-state index contributed by atoms with van der Waals surface area (Å²) in [5.74, 6) is 0.953. The highest BCUT2D eigenvalue weighted by Crippen LogP contribution is 2.25. The van der Waals surface area contributed by atoms with E-state index in [4.69, 9.17) is 11.6 Å². The van der Waals surface area contributed by atoms with Crippen LogP contribution >= 0.6 is 11.6 Å². The molecular weight excluding hydrogens is 248 g/mol. The lowest BCUT2D eigenvalue weighted by Crippen LogP contribution is -2.07. The summed E-state index contributed by atoms with van der Waals surface area (Å²) in [4.78, 5) is 8.94. The van der Waals surface area contributed by atoms with Crippen molar-refractivity contribution in [2.45, 2.75) is 39.2 Å². The molecule has 96 valence electrons. The first-order chi connectivity index (χ1) is 8.54. The van der Waals surface area contributed by atoms with Crippen molar-refractivity contribution >= 4 is 22.6 Å². The normalized spacial score (nSPS) is 13.2. The predicted octanol–water partition coefficient (Wildman–Crippen LogP) is 3.74. The highest BCUT2D eigenvalue weighted by atomic mass is 35.5. The molecule has 0 aliphatic rings. The molecule has 0 saturated carbocycles. The summed E-state index contributed by atoms with van der Waals surface area (Å²) in [7, 11) is 0. The molecular formula is C13H17ClN4. The van der Waals surface area contributed by atoms with Gasteiger partial charge < -0.3 is 0 Å². The van der Waals surface area contributed by atoms with Crippen molar-refractivity contribution in [2.75, 3.05) is 0 Å². The Hall–Kier alpha value is -1.42. The van der Waals surface area contributed by atoms with E-state index in [0.717, 1.165) is 23.3 Å². The summed E-state index contributed by atoms with van der Waals surface area (Å²) < 4.78 is 1.87. The zero-order valence-electron chi connectivity index (χ0n) is 10.9. The van der Waals surface area contributed by atoms with Crippen LogP contribution in [0, 0.1) is 0 Å². The quantitative estimate of drug-likeness (QED) is 0.624. The van der Waals surface area contributed by atoms with Crippen molar-refractivity contribution in [2.24, 2.45) is 0 Å². The van der Waals surface area contributed by atoms with Gasteiger partial charge in [0.05, 0.1) is 11.6 Å². The predicted molar refractivity (Wildman–Crippen MR) is 73.9 cm³/mol. The van der Waals surface area contributed by atoms with Crippen LogP contribution in [0.4, 0.5) is 0 Å². The molecule has 2 heterocycles. The van der Waals surface area contributed by atoms with Gasteiger partial charge in [-0.3, -0.25) is 0 Å². The van der Waals surface area contributed by atoms with Gasteiger partial charge in [-0.25, -0.2) is 14.6 Å². The third-order valence-electron chi connectivity index (χ3n) is 2.87. The number of aromatic nitrogens is 4. The van der Waals surface area contributed by atoms with Crippen molar-refractivity contribution in [3.63, 3.8) is 0 Å². The largest absolute Gasteiger partial charge is 0.245 e. The van der Waals surface area contributed by atoms with E-state index >= 15 is 0 Å². The van der Waals surface area contributed by atoms with Crippen LogP contribution in [-0.2, 0) is 0 Å². The van der Waals surface area contributed by atoms with E-state index in [1.807, 2.05) is 10.8 Å². The van der Waals surface area contributed by atoms with Gasteiger partial charge in [-0.15, -0.1) is 6.58 Å². The molecule has 0 aliphatic heterocycles. The van der Waals surface area contributed by atoms with E-state index in [-0.39, 0.29) is 12.0 Å². The molecule has 1 unspecified atom stereocenters. The Morgan fingerprint density at radius 1 is 1.39 bits per heavy atom. The molecule has 2 aromatic rings. The lowest BCUT2D eigenvalue weighted by Gasteiger charge is -2.10. The van der Waals surface area contributed by atoms with Gasteiger partial charge in [0.2, 0.25) is 0 Å². The monoisotopic (exact) mass is 264 g/mol. The zero-order valence-corrected chi connectivity index (χ0v) is 11.6. The van der Waals surface area contributed by atoms with Gasteiger partial charge >= 0.3 is 0 Å². The lowest BCUT2D eigenvalue weighted by atomic mass is 10.1. The second-order valence-corrected chi connectivity index (χ2v) is 5.08. The molecule has 2 rings (SSSR count). The van der Waals surface area contributed by atoms with Crippen molar-refractivity contribution in [1.82, 2.24) is 19.7 Å². The van der Waals surface area contributed by atoms with E-state index in [1.165, 1.54) is 0 Å². The third-order valence-corrected chi connectivity index (χ3v) is 3.16. The summed E-state index contributed by atoms with van der Waals surface area (Å²) in [5.41, 5.74) is 0.802. The maximum Gasteiger partial charge on any atom is 0.163 e. The van der Waals surface area contributed by atoms with Gasteiger partial charge in [0.15, 0.2) is 5.65 Å². The van der Waals surface area contributed by atoms with Crippen LogP contribution in [0.3, 0.4) is 0 Å². The van der Waals surface area contributed by atoms with Gasteiger partial charge in [-0.1, -0.05) is 24.6 Å². The fraction of sp³-hybridized carbons (Fsp3) is 0.462. The zero-order chi connectivity index (χ0) is 13.3. The maximum absolute atomic E-state index is 6.19. The number of halogens is 1. The number of hydrogen-bond acceptors (Lipinski definition) is 3. The summed E-state index contributed by atoms with van der Waals surface area (Å²) in [5, 5.41) is 5.59. The summed E-state index contributed by atoms with van der Waals surface area (Å²) in [6, 6.07) is 0.246. The van der Waals surface area contributed by atoms with Crippen LogP contribution in [0.2, 0.25) is 5.15 Å². The molecule has 0 N–H and O–H groups in total. The third kappa shape index (κ3) is 2.25. The Labute approximate surface area is 112 Å². The van der Waals surface area contributed by atoms with Crippen molar-refractivity contribution < 1.29 is 0 Å². The molecule has 0 saturated heterocycles. The average molecular weight is 265 g/mol. The first-order valence-electron chi connectivity index (χ1n) is 6.06. The average Bonchev–Trinajstić information content (AvgIpc) is 2.73. The minimum absolute atomic E-state index is 0.208. The number of fused-ring (bicyclic) bond motifs is 1. The maximum atomic E-state index is 6.19. The SMILES string of the molecule is C=CCC(C)c1nc(Cl)c2cnn(C(C)C)c2n1. The minimum Gasteiger partial charge on any atom is -0.245 e. The van der Waals surface area contributed by atoms with Crippen molar-refractivity contribution in [1.29, 1.82) is 0 Å². The molecule has 2 aromatic heterocycles. The molecule has 0 spiro atoms. The fourth-order valence-electron chi connectivity index (χ4n) is 1.86. The number of rotatable bonds is 4. The van der Waals surface area contributed by atoms with E-state index in [0.29, 0.717) is 5.15 Å². The molecule has 0 aromatic carbocycles. The van der Waals surface area contributed by atoms with Gasteiger partial charge in [-0.2, -0.15) is 5.10 Å². The van der Waals surface area contributed by atoms with Crippen LogP contribution in [0.15, 0.2) is 18.9 Å².